The maximum atomic E-state index is 13.5. The topological polar surface area (TPSA) is 92.9 Å². The maximum absolute atomic E-state index is 13.5. The van der Waals surface area contributed by atoms with E-state index in [4.69, 9.17) is 5.10 Å². The van der Waals surface area contributed by atoms with Crippen molar-refractivity contribution in [2.75, 3.05) is 6.54 Å². The van der Waals surface area contributed by atoms with Crippen LogP contribution in [0.15, 0.2) is 55.1 Å². The molecule has 34 heavy (non-hydrogen) atoms. The lowest BCUT2D eigenvalue weighted by atomic mass is 9.86. The molecule has 3 aromatic heterocycles. The van der Waals surface area contributed by atoms with Crippen LogP contribution in [0, 0.1) is 17.6 Å². The summed E-state index contributed by atoms with van der Waals surface area (Å²) in [5, 5.41) is 17.7. The third kappa shape index (κ3) is 4.46. The Morgan fingerprint density at radius 2 is 1.88 bits per heavy atom. The quantitative estimate of drug-likeness (QED) is 0.450. The lowest BCUT2D eigenvalue weighted by Gasteiger charge is -2.28. The summed E-state index contributed by atoms with van der Waals surface area (Å²) in [5.41, 5.74) is 2.51. The molecule has 0 saturated heterocycles. The van der Waals surface area contributed by atoms with Crippen LogP contribution in [-0.2, 0) is 0 Å². The van der Waals surface area contributed by atoms with Crippen LogP contribution < -0.4 is 5.32 Å². The molecule has 2 N–H and O–H groups in total. The summed E-state index contributed by atoms with van der Waals surface area (Å²) in [6.07, 6.45) is 11.0. The van der Waals surface area contributed by atoms with E-state index in [0.717, 1.165) is 60.0 Å². The van der Waals surface area contributed by atoms with Gasteiger partial charge in [0.25, 0.3) is 5.91 Å². The lowest BCUT2D eigenvalue weighted by Crippen LogP contribution is -2.31. The van der Waals surface area contributed by atoms with E-state index < -0.39 is 23.3 Å². The number of fused-ring (bicyclic) bond motifs is 1. The van der Waals surface area contributed by atoms with Crippen molar-refractivity contribution in [2.45, 2.75) is 31.7 Å². The fraction of sp³-hybridized carbons (Fsp3) is 0.280. The number of nitrogens with zero attached hydrogens (tertiary/aromatic N) is 4. The van der Waals surface area contributed by atoms with Gasteiger partial charge in [0.1, 0.15) is 0 Å². The van der Waals surface area contributed by atoms with Crippen LogP contribution >= 0.6 is 0 Å². The molecule has 0 bridgehead atoms. The minimum absolute atomic E-state index is 0.149. The molecule has 1 saturated carbocycles. The Morgan fingerprint density at radius 3 is 2.59 bits per heavy atom. The summed E-state index contributed by atoms with van der Waals surface area (Å²) in [7, 11) is 0. The van der Waals surface area contributed by atoms with Crippen molar-refractivity contribution >= 4 is 16.8 Å². The van der Waals surface area contributed by atoms with E-state index in [1.807, 2.05) is 35.3 Å². The van der Waals surface area contributed by atoms with Crippen LogP contribution in [0.2, 0.25) is 0 Å². The Labute approximate surface area is 194 Å². The number of aromatic hydroxyl groups is 1. The summed E-state index contributed by atoms with van der Waals surface area (Å²) in [4.78, 5) is 20.9. The zero-order chi connectivity index (χ0) is 23.7. The van der Waals surface area contributed by atoms with E-state index in [-0.39, 0.29) is 17.5 Å². The Kier molecular flexibility index (Phi) is 5.91. The van der Waals surface area contributed by atoms with E-state index in [2.05, 4.69) is 15.3 Å². The van der Waals surface area contributed by atoms with Crippen molar-refractivity contribution in [3.8, 4) is 17.0 Å². The van der Waals surface area contributed by atoms with Gasteiger partial charge in [-0.25, -0.2) is 8.78 Å². The predicted octanol–water partition coefficient (Wildman–Crippen LogP) is 4.64. The number of pyridine rings is 2. The van der Waals surface area contributed by atoms with Crippen LogP contribution in [0.1, 0.15) is 42.1 Å². The first-order chi connectivity index (χ1) is 16.5. The van der Waals surface area contributed by atoms with Crippen molar-refractivity contribution in [2.24, 2.45) is 5.92 Å². The molecule has 3 heterocycles. The van der Waals surface area contributed by atoms with Gasteiger partial charge in [0, 0.05) is 47.8 Å². The normalized spacial score (nSPS) is 18.2. The second-order valence-corrected chi connectivity index (χ2v) is 8.65. The first kappa shape index (κ1) is 21.9. The number of halogens is 2. The van der Waals surface area contributed by atoms with Crippen molar-refractivity contribution in [3.63, 3.8) is 0 Å². The molecule has 1 aliphatic carbocycles. The number of amides is 1. The third-order valence-corrected chi connectivity index (χ3v) is 6.38. The smallest absolute Gasteiger partial charge is 0.251 e. The number of phenols is 1. The largest absolute Gasteiger partial charge is 0.503 e. The molecule has 9 heteroatoms. The highest BCUT2D eigenvalue weighted by atomic mass is 19.1. The van der Waals surface area contributed by atoms with Crippen LogP contribution in [0.5, 0.6) is 5.75 Å². The fourth-order valence-corrected chi connectivity index (χ4v) is 4.45. The van der Waals surface area contributed by atoms with Crippen molar-refractivity contribution < 1.29 is 18.7 Å². The van der Waals surface area contributed by atoms with E-state index >= 15 is 0 Å². The van der Waals surface area contributed by atoms with Gasteiger partial charge in [0.05, 0.1) is 17.3 Å². The molecule has 0 unspecified atom stereocenters. The highest BCUT2D eigenvalue weighted by Gasteiger charge is 2.24. The molecule has 0 radical (unpaired) electrons. The van der Waals surface area contributed by atoms with Crippen LogP contribution in [-0.4, -0.2) is 37.3 Å². The Balaban J connectivity index is 1.18. The summed E-state index contributed by atoms with van der Waals surface area (Å²) in [5.74, 6) is -3.67. The van der Waals surface area contributed by atoms with E-state index in [1.165, 1.54) is 0 Å². The first-order valence-electron chi connectivity index (χ1n) is 11.2. The van der Waals surface area contributed by atoms with Crippen molar-refractivity contribution in [1.82, 2.24) is 25.1 Å². The van der Waals surface area contributed by atoms with Gasteiger partial charge in [0.15, 0.2) is 17.4 Å². The zero-order valence-corrected chi connectivity index (χ0v) is 18.3. The average molecular weight is 463 g/mol. The Hall–Kier alpha value is -3.88. The van der Waals surface area contributed by atoms with E-state index in [9.17, 15) is 18.7 Å². The number of rotatable bonds is 5. The fourth-order valence-electron chi connectivity index (χ4n) is 4.45. The highest BCUT2D eigenvalue weighted by molar-refractivity contribution is 5.94. The number of phenolic OH excluding ortho intramolecular Hbond substituents is 1. The van der Waals surface area contributed by atoms with Crippen molar-refractivity contribution in [1.29, 1.82) is 0 Å². The Morgan fingerprint density at radius 1 is 1.12 bits per heavy atom. The Bertz CT molecular complexity index is 1310. The SMILES string of the molecule is O=C(NC[C@H]1CC[C@H](n2cc3cnc(-c4cccnc4)cc3n2)CC1)c1cc(F)c(O)c(F)c1. The predicted molar refractivity (Wildman–Crippen MR) is 122 cm³/mol. The van der Waals surface area contributed by atoms with Gasteiger partial charge < -0.3 is 10.4 Å². The van der Waals surface area contributed by atoms with Crippen LogP contribution in [0.4, 0.5) is 8.78 Å². The summed E-state index contributed by atoms with van der Waals surface area (Å²) >= 11 is 0. The van der Waals surface area contributed by atoms with Gasteiger partial charge in [-0.15, -0.1) is 0 Å². The van der Waals surface area contributed by atoms with Gasteiger partial charge in [-0.3, -0.25) is 19.4 Å². The standard InChI is InChI=1S/C25H23F2N5O2/c26-20-8-17(9-21(27)24(20)33)25(34)30-11-15-3-5-19(6-4-15)32-14-18-13-29-22(10-23(18)31-32)16-2-1-7-28-12-16/h1-2,7-10,12-15,19,33H,3-6,11H2,(H,30,34)/t15-,19-. The maximum Gasteiger partial charge on any atom is 0.251 e. The third-order valence-electron chi connectivity index (χ3n) is 6.38. The molecule has 7 nitrogen and oxygen atoms in total. The zero-order valence-electron chi connectivity index (χ0n) is 18.3. The van der Waals surface area contributed by atoms with Crippen LogP contribution in [0.25, 0.3) is 22.2 Å². The molecule has 1 fully saturated rings. The molecule has 1 aliphatic rings. The van der Waals surface area contributed by atoms with Crippen molar-refractivity contribution in [3.05, 3.63) is 72.3 Å². The summed E-state index contributed by atoms with van der Waals surface area (Å²) in [6, 6.07) is 7.75. The number of aromatic nitrogens is 4. The molecule has 1 amide bonds. The summed E-state index contributed by atoms with van der Waals surface area (Å²) < 4.78 is 29.0. The molecular formula is C25H23F2N5O2. The molecule has 174 valence electrons. The monoisotopic (exact) mass is 463 g/mol. The van der Waals surface area contributed by atoms with E-state index in [1.54, 1.807) is 12.4 Å². The van der Waals surface area contributed by atoms with Gasteiger partial charge >= 0.3 is 0 Å². The number of hydrogen-bond donors (Lipinski definition) is 2. The van der Waals surface area contributed by atoms with Gasteiger partial charge in [0.2, 0.25) is 0 Å². The second kappa shape index (κ2) is 9.17. The number of hydrogen-bond acceptors (Lipinski definition) is 5. The molecule has 0 spiro atoms. The molecule has 5 rings (SSSR count). The number of nitrogens with one attached hydrogen (secondary N) is 1. The highest BCUT2D eigenvalue weighted by Crippen LogP contribution is 2.33. The molecule has 0 atom stereocenters. The first-order valence-corrected chi connectivity index (χ1v) is 11.2. The molecular weight excluding hydrogens is 440 g/mol. The average Bonchev–Trinajstić information content (AvgIpc) is 3.30. The molecule has 4 aromatic rings. The summed E-state index contributed by atoms with van der Waals surface area (Å²) in [6.45, 7) is 0.426. The minimum atomic E-state index is -1.15. The lowest BCUT2D eigenvalue weighted by molar-refractivity contribution is 0.0940. The molecule has 0 aliphatic heterocycles. The number of carbonyl (C=O) groups is 1. The number of benzene rings is 1. The molecule has 1 aromatic carbocycles. The minimum Gasteiger partial charge on any atom is -0.503 e. The van der Waals surface area contributed by atoms with Crippen LogP contribution in [0.3, 0.4) is 0 Å². The van der Waals surface area contributed by atoms with Gasteiger partial charge in [-0.1, -0.05) is 0 Å². The van der Waals surface area contributed by atoms with Gasteiger partial charge in [-0.2, -0.15) is 5.10 Å². The van der Waals surface area contributed by atoms with Gasteiger partial charge in [-0.05, 0) is 61.9 Å². The second-order valence-electron chi connectivity index (χ2n) is 8.65. The van der Waals surface area contributed by atoms with E-state index in [0.29, 0.717) is 6.54 Å². The number of carbonyl (C=O) groups excluding carboxylic acids is 1.